The highest BCUT2D eigenvalue weighted by Gasteiger charge is 2.45. The van der Waals surface area contributed by atoms with E-state index in [1.165, 1.54) is 36.4 Å². The highest BCUT2D eigenvalue weighted by molar-refractivity contribution is 7.63. The Hall–Kier alpha value is -4.23. The number of hydrogen-bond donors (Lipinski definition) is 2. The summed E-state index contributed by atoms with van der Waals surface area (Å²) in [5, 5.41) is 18.7. The van der Waals surface area contributed by atoms with Crippen LogP contribution >= 0.6 is 7.60 Å². The summed E-state index contributed by atoms with van der Waals surface area (Å²) in [7, 11) is -4.42. The van der Waals surface area contributed by atoms with E-state index in [4.69, 9.17) is 9.05 Å². The zero-order valence-electron chi connectivity index (χ0n) is 15.9. The van der Waals surface area contributed by atoms with Crippen LogP contribution in [0.5, 0.6) is 0 Å². The molecule has 0 aliphatic carbocycles. The minimum absolute atomic E-state index is 0.0472. The molecule has 32 heavy (non-hydrogen) atoms. The lowest BCUT2D eigenvalue weighted by molar-refractivity contribution is 0.0651. The fourth-order valence-corrected chi connectivity index (χ4v) is 5.53. The largest absolute Gasteiger partial charge is 0.478 e. The first-order valence-electron chi connectivity index (χ1n) is 9.16. The molecule has 3 aromatic carbocycles. The maximum absolute atomic E-state index is 13.6. The molecule has 3 bridgehead atoms. The Bertz CT molecular complexity index is 1450. The maximum Gasteiger partial charge on any atom is 0.468 e. The lowest BCUT2D eigenvalue weighted by Gasteiger charge is -2.22. The minimum atomic E-state index is -4.42. The quantitative estimate of drug-likeness (QED) is 0.572. The topological polar surface area (TPSA) is 144 Å². The fraction of sp³-hybridized carbons (Fsp3) is 0. The minimum Gasteiger partial charge on any atom is -0.478 e. The highest BCUT2D eigenvalue weighted by Crippen LogP contribution is 2.55. The van der Waals surface area contributed by atoms with Crippen molar-refractivity contribution in [2.45, 2.75) is 0 Å². The molecule has 0 saturated carbocycles. The van der Waals surface area contributed by atoms with E-state index in [9.17, 15) is 34.0 Å². The Kier molecular flexibility index (Phi) is 4.09. The van der Waals surface area contributed by atoms with Crippen molar-refractivity contribution >= 4 is 36.8 Å². The molecule has 2 N–H and O–H groups in total. The molecular formula is C22H11O9P. The van der Waals surface area contributed by atoms with Gasteiger partial charge in [-0.3, -0.25) is 0 Å². The number of carboxylic acid groups (broad SMARTS) is 2. The summed E-state index contributed by atoms with van der Waals surface area (Å²) in [4.78, 5) is 48.0. The number of benzene rings is 3. The van der Waals surface area contributed by atoms with Crippen LogP contribution in [0.25, 0.3) is 22.3 Å². The standard InChI is InChI=1S/C22H11O9P/c23-19(24)13-6-4-10(8-15(13)20(25)26)12-2-1-3-17-18(12)11-5-7-14-16(9-11)22(28)31-32(17,29)30-21(14)27/h1-9H,(H,23,24)(H,25,26). The lowest BCUT2D eigenvalue weighted by Crippen LogP contribution is -2.17. The maximum atomic E-state index is 13.6. The monoisotopic (exact) mass is 450 g/mol. The Morgan fingerprint density at radius 1 is 0.719 bits per heavy atom. The molecule has 0 amide bonds. The fourth-order valence-electron chi connectivity index (χ4n) is 3.87. The van der Waals surface area contributed by atoms with Crippen molar-refractivity contribution in [3.63, 3.8) is 0 Å². The van der Waals surface area contributed by atoms with Gasteiger partial charge >= 0.3 is 31.5 Å². The Labute approximate surface area is 179 Å². The first-order valence-corrected chi connectivity index (χ1v) is 10.7. The van der Waals surface area contributed by atoms with E-state index < -0.39 is 42.6 Å². The van der Waals surface area contributed by atoms with Crippen molar-refractivity contribution in [1.82, 2.24) is 0 Å². The Morgan fingerprint density at radius 3 is 2.06 bits per heavy atom. The molecule has 5 rings (SSSR count). The predicted molar refractivity (Wildman–Crippen MR) is 109 cm³/mol. The highest BCUT2D eigenvalue weighted by atomic mass is 31.2. The lowest BCUT2D eigenvalue weighted by atomic mass is 9.90. The van der Waals surface area contributed by atoms with Crippen LogP contribution in [0.1, 0.15) is 41.4 Å². The van der Waals surface area contributed by atoms with E-state index >= 15 is 0 Å². The molecule has 0 aromatic heterocycles. The first kappa shape index (κ1) is 19.7. The van der Waals surface area contributed by atoms with Gasteiger partial charge in [-0.25, -0.2) is 23.7 Å². The number of aromatic carboxylic acids is 2. The van der Waals surface area contributed by atoms with E-state index in [0.717, 1.165) is 6.07 Å². The van der Waals surface area contributed by atoms with Gasteiger partial charge in [0.25, 0.3) is 0 Å². The van der Waals surface area contributed by atoms with E-state index in [-0.39, 0.29) is 16.4 Å². The third-order valence-corrected chi connectivity index (χ3v) is 7.06. The van der Waals surface area contributed by atoms with Crippen LogP contribution in [-0.2, 0) is 13.6 Å². The smallest absolute Gasteiger partial charge is 0.468 e. The van der Waals surface area contributed by atoms with Gasteiger partial charge in [0, 0.05) is 5.56 Å². The van der Waals surface area contributed by atoms with Crippen LogP contribution in [0.3, 0.4) is 0 Å². The van der Waals surface area contributed by atoms with Crippen LogP contribution in [0.4, 0.5) is 0 Å². The summed E-state index contributed by atoms with van der Waals surface area (Å²) in [5.74, 6) is -4.74. The van der Waals surface area contributed by atoms with E-state index in [0.29, 0.717) is 22.3 Å². The molecule has 158 valence electrons. The zero-order chi connectivity index (χ0) is 22.8. The van der Waals surface area contributed by atoms with Gasteiger partial charge in [0.15, 0.2) is 0 Å². The van der Waals surface area contributed by atoms with Crippen molar-refractivity contribution < 1.29 is 43.0 Å². The molecule has 1 unspecified atom stereocenters. The van der Waals surface area contributed by atoms with Gasteiger partial charge in [0.1, 0.15) is 0 Å². The first-order chi connectivity index (χ1) is 15.2. The molecule has 3 aromatic rings. The summed E-state index contributed by atoms with van der Waals surface area (Å²) in [5.41, 5.74) is 0.450. The molecule has 0 radical (unpaired) electrons. The van der Waals surface area contributed by atoms with Crippen molar-refractivity contribution in [3.8, 4) is 22.3 Å². The second-order valence-corrected chi connectivity index (χ2v) is 8.93. The van der Waals surface area contributed by atoms with Gasteiger partial charge in [-0.1, -0.05) is 24.3 Å². The summed E-state index contributed by atoms with van der Waals surface area (Å²) in [6.07, 6.45) is 0. The molecule has 9 nitrogen and oxygen atoms in total. The molecule has 0 spiro atoms. The van der Waals surface area contributed by atoms with Crippen molar-refractivity contribution in [3.05, 3.63) is 76.9 Å². The number of fused-ring (bicyclic) bond motifs is 6. The van der Waals surface area contributed by atoms with Gasteiger partial charge in [-0.05, 0) is 47.0 Å². The predicted octanol–water partition coefficient (Wildman–Crippen LogP) is 3.58. The summed E-state index contributed by atoms with van der Waals surface area (Å²) < 4.78 is 23.8. The Balaban J connectivity index is 1.85. The van der Waals surface area contributed by atoms with E-state index in [1.54, 1.807) is 12.1 Å². The normalized spacial score (nSPS) is 18.1. The van der Waals surface area contributed by atoms with Crippen molar-refractivity contribution in [2.24, 2.45) is 0 Å². The third kappa shape index (κ3) is 2.75. The Morgan fingerprint density at radius 2 is 1.38 bits per heavy atom. The average Bonchev–Trinajstić information content (AvgIpc) is 2.81. The molecule has 2 aliphatic heterocycles. The number of carbonyl (C=O) groups is 4. The van der Waals surface area contributed by atoms with E-state index in [1.807, 2.05) is 0 Å². The number of rotatable bonds is 3. The zero-order valence-corrected chi connectivity index (χ0v) is 16.8. The van der Waals surface area contributed by atoms with Crippen molar-refractivity contribution in [2.75, 3.05) is 0 Å². The van der Waals surface area contributed by atoms with Gasteiger partial charge < -0.3 is 19.3 Å². The number of hydrogen-bond acceptors (Lipinski definition) is 7. The van der Waals surface area contributed by atoms with Crippen molar-refractivity contribution in [1.29, 1.82) is 0 Å². The number of carboxylic acids is 2. The third-order valence-electron chi connectivity index (χ3n) is 5.28. The van der Waals surface area contributed by atoms with Crippen LogP contribution in [0.15, 0.2) is 54.6 Å². The van der Waals surface area contributed by atoms with E-state index in [2.05, 4.69) is 0 Å². The van der Waals surface area contributed by atoms with Gasteiger partial charge in [-0.2, -0.15) is 0 Å². The second-order valence-electron chi connectivity index (χ2n) is 7.09. The van der Waals surface area contributed by atoms with Crippen LogP contribution < -0.4 is 5.30 Å². The molecule has 0 saturated heterocycles. The van der Waals surface area contributed by atoms with Gasteiger partial charge in [0.2, 0.25) is 0 Å². The van der Waals surface area contributed by atoms with Crippen LogP contribution in [0.2, 0.25) is 0 Å². The summed E-state index contributed by atoms with van der Waals surface area (Å²) >= 11 is 0. The van der Waals surface area contributed by atoms with Gasteiger partial charge in [-0.15, -0.1) is 0 Å². The summed E-state index contributed by atoms with van der Waals surface area (Å²) in [6, 6.07) is 12.6. The molecular weight excluding hydrogens is 439 g/mol. The molecule has 0 fully saturated rings. The molecule has 2 heterocycles. The molecule has 2 aliphatic rings. The SMILES string of the molecule is O=C(O)c1ccc(-c2cccc3c2-c2ccc4c(c2)C(=O)OP3(=O)OC4=O)cc1C(=O)O. The second kappa shape index (κ2) is 6.63. The summed E-state index contributed by atoms with van der Waals surface area (Å²) in [6.45, 7) is 0. The number of carbonyl (C=O) groups excluding carboxylic acids is 2. The average molecular weight is 450 g/mol. The van der Waals surface area contributed by atoms with Crippen LogP contribution in [0, 0.1) is 0 Å². The van der Waals surface area contributed by atoms with Gasteiger partial charge in [0.05, 0.1) is 27.6 Å². The van der Waals surface area contributed by atoms with Crippen LogP contribution in [-0.4, -0.2) is 34.1 Å². The molecule has 1 atom stereocenters. The molecule has 10 heteroatoms.